The molecule has 0 saturated carbocycles. The quantitative estimate of drug-likeness (QED) is 0.677. The predicted octanol–water partition coefficient (Wildman–Crippen LogP) is 4.80. The fourth-order valence-electron chi connectivity index (χ4n) is 2.35. The summed E-state index contributed by atoms with van der Waals surface area (Å²) < 4.78 is 0. The van der Waals surface area contributed by atoms with Crippen LogP contribution in [0.5, 0.6) is 0 Å². The number of benzene rings is 1. The van der Waals surface area contributed by atoms with Crippen molar-refractivity contribution in [2.75, 3.05) is 5.32 Å². The molecule has 1 aromatic carbocycles. The monoisotopic (exact) mass is 371 g/mol. The molecule has 0 atom stereocenters. The van der Waals surface area contributed by atoms with Gasteiger partial charge in [-0.1, -0.05) is 43.7 Å². The lowest BCUT2D eigenvalue weighted by Crippen LogP contribution is -2.14. The molecule has 0 aliphatic carbocycles. The fraction of sp³-hybridized carbons (Fsp3) is 0.316. The summed E-state index contributed by atoms with van der Waals surface area (Å²) in [5, 5.41) is 6.55. The van der Waals surface area contributed by atoms with Crippen molar-refractivity contribution in [1.82, 2.24) is 9.97 Å². The molecule has 6 heteroatoms. The van der Waals surface area contributed by atoms with Crippen molar-refractivity contribution in [3.63, 3.8) is 0 Å². The van der Waals surface area contributed by atoms with Crippen LogP contribution in [0.1, 0.15) is 46.5 Å². The molecule has 0 aliphatic heterocycles. The normalized spacial score (nSPS) is 11.0. The van der Waals surface area contributed by atoms with Crippen molar-refractivity contribution in [3.8, 4) is 0 Å². The predicted molar refractivity (Wildman–Crippen MR) is 105 cm³/mol. The molecule has 4 nitrogen and oxygen atoms in total. The van der Waals surface area contributed by atoms with Gasteiger partial charge < -0.3 is 5.32 Å². The van der Waals surface area contributed by atoms with Crippen LogP contribution in [0.2, 0.25) is 0 Å². The van der Waals surface area contributed by atoms with Crippen LogP contribution in [0.3, 0.4) is 0 Å². The molecule has 25 heavy (non-hydrogen) atoms. The smallest absolute Gasteiger partial charge is 0.232 e. The van der Waals surface area contributed by atoms with Gasteiger partial charge in [0.15, 0.2) is 5.13 Å². The largest absolute Gasteiger partial charge is 0.302 e. The van der Waals surface area contributed by atoms with Crippen LogP contribution < -0.4 is 5.32 Å². The van der Waals surface area contributed by atoms with Gasteiger partial charge in [-0.2, -0.15) is 0 Å². The van der Waals surface area contributed by atoms with Crippen molar-refractivity contribution >= 4 is 33.7 Å². The molecule has 2 heterocycles. The first-order valence-electron chi connectivity index (χ1n) is 8.24. The van der Waals surface area contributed by atoms with Gasteiger partial charge in [-0.05, 0) is 12.5 Å². The molecule has 0 radical (unpaired) electrons. The Morgan fingerprint density at radius 2 is 2.00 bits per heavy atom. The number of thiazole rings is 2. The van der Waals surface area contributed by atoms with E-state index < -0.39 is 0 Å². The summed E-state index contributed by atoms with van der Waals surface area (Å²) in [6.07, 6.45) is 2.95. The maximum absolute atomic E-state index is 12.2. The van der Waals surface area contributed by atoms with Gasteiger partial charge in [0.1, 0.15) is 0 Å². The van der Waals surface area contributed by atoms with Gasteiger partial charge in [-0.25, -0.2) is 9.97 Å². The standard InChI is InChI=1S/C19H21N3OS2/c1-12(2)18-21-15(11-24-18)9-17(23)22-19-20-10-16(25-19)8-14-6-4-13(3)5-7-14/h4-7,10-12H,8-9H2,1-3H3,(H,20,22,23). The van der Waals surface area contributed by atoms with Crippen LogP contribution in [0.25, 0.3) is 0 Å². The van der Waals surface area contributed by atoms with Gasteiger partial charge in [0.05, 0.1) is 17.1 Å². The van der Waals surface area contributed by atoms with E-state index in [0.29, 0.717) is 11.0 Å². The number of aryl methyl sites for hydroxylation is 1. The SMILES string of the molecule is Cc1ccc(Cc2cnc(NC(=O)Cc3csc(C(C)C)n3)s2)cc1. The molecule has 0 fully saturated rings. The number of anilines is 1. The van der Waals surface area contributed by atoms with Gasteiger partial charge in [0, 0.05) is 28.8 Å². The molecular formula is C19H21N3OS2. The van der Waals surface area contributed by atoms with E-state index in [4.69, 9.17) is 0 Å². The minimum Gasteiger partial charge on any atom is -0.302 e. The number of rotatable bonds is 6. The van der Waals surface area contributed by atoms with E-state index in [-0.39, 0.29) is 12.3 Å². The van der Waals surface area contributed by atoms with Crippen LogP contribution in [0, 0.1) is 6.92 Å². The molecule has 1 N–H and O–H groups in total. The Labute approximate surface area is 156 Å². The van der Waals surface area contributed by atoms with E-state index in [1.807, 2.05) is 11.6 Å². The molecule has 2 aromatic heterocycles. The Balaban J connectivity index is 1.56. The summed E-state index contributed by atoms with van der Waals surface area (Å²) in [5.41, 5.74) is 3.32. The number of amides is 1. The first-order valence-corrected chi connectivity index (χ1v) is 9.93. The lowest BCUT2D eigenvalue weighted by molar-refractivity contribution is -0.115. The summed E-state index contributed by atoms with van der Waals surface area (Å²) in [4.78, 5) is 22.1. The molecule has 3 aromatic rings. The molecule has 130 valence electrons. The highest BCUT2D eigenvalue weighted by atomic mass is 32.1. The lowest BCUT2D eigenvalue weighted by atomic mass is 10.1. The average Bonchev–Trinajstić information content (AvgIpc) is 3.19. The first kappa shape index (κ1) is 17.8. The fourth-order valence-corrected chi connectivity index (χ4v) is 4.05. The summed E-state index contributed by atoms with van der Waals surface area (Å²) >= 11 is 3.13. The zero-order chi connectivity index (χ0) is 17.8. The van der Waals surface area contributed by atoms with E-state index in [2.05, 4.69) is 60.3 Å². The second-order valence-electron chi connectivity index (χ2n) is 6.35. The maximum Gasteiger partial charge on any atom is 0.232 e. The Morgan fingerprint density at radius 3 is 2.68 bits per heavy atom. The van der Waals surface area contributed by atoms with Gasteiger partial charge in [0.25, 0.3) is 0 Å². The van der Waals surface area contributed by atoms with Crippen LogP contribution in [-0.2, 0) is 17.6 Å². The van der Waals surface area contributed by atoms with E-state index >= 15 is 0 Å². The average molecular weight is 372 g/mol. The third-order valence-electron chi connectivity index (χ3n) is 3.70. The number of aromatic nitrogens is 2. The number of nitrogens with zero attached hydrogens (tertiary/aromatic N) is 2. The van der Waals surface area contributed by atoms with Crippen molar-refractivity contribution in [1.29, 1.82) is 0 Å². The van der Waals surface area contributed by atoms with Crippen LogP contribution in [0.4, 0.5) is 5.13 Å². The highest BCUT2D eigenvalue weighted by molar-refractivity contribution is 7.15. The molecule has 0 unspecified atom stereocenters. The zero-order valence-electron chi connectivity index (χ0n) is 14.6. The van der Waals surface area contributed by atoms with Crippen molar-refractivity contribution in [3.05, 3.63) is 62.5 Å². The number of hydrogen-bond acceptors (Lipinski definition) is 5. The summed E-state index contributed by atoms with van der Waals surface area (Å²) in [7, 11) is 0. The molecule has 0 saturated heterocycles. The molecule has 0 aliphatic rings. The third kappa shape index (κ3) is 4.96. The van der Waals surface area contributed by atoms with Gasteiger partial charge in [0.2, 0.25) is 5.91 Å². The number of carbonyl (C=O) groups excluding carboxylic acids is 1. The molecular weight excluding hydrogens is 350 g/mol. The highest BCUT2D eigenvalue weighted by Gasteiger charge is 2.12. The Bertz CT molecular complexity index is 850. The van der Waals surface area contributed by atoms with Gasteiger partial charge in [-0.3, -0.25) is 4.79 Å². The van der Waals surface area contributed by atoms with Crippen LogP contribution in [0.15, 0.2) is 35.8 Å². The lowest BCUT2D eigenvalue weighted by Gasteiger charge is -2.00. The minimum absolute atomic E-state index is 0.0724. The Morgan fingerprint density at radius 1 is 1.24 bits per heavy atom. The van der Waals surface area contributed by atoms with Crippen LogP contribution in [-0.4, -0.2) is 15.9 Å². The number of hydrogen-bond donors (Lipinski definition) is 1. The van der Waals surface area contributed by atoms with Crippen LogP contribution >= 0.6 is 22.7 Å². The van der Waals surface area contributed by atoms with Crippen molar-refractivity contribution < 1.29 is 4.79 Å². The first-order chi connectivity index (χ1) is 12.0. The summed E-state index contributed by atoms with van der Waals surface area (Å²) in [5.74, 6) is 0.321. The van der Waals surface area contributed by atoms with E-state index in [9.17, 15) is 4.79 Å². The van der Waals surface area contributed by atoms with Crippen molar-refractivity contribution in [2.24, 2.45) is 0 Å². The van der Waals surface area contributed by atoms with E-state index in [0.717, 1.165) is 22.0 Å². The second-order valence-corrected chi connectivity index (χ2v) is 8.36. The van der Waals surface area contributed by atoms with E-state index in [1.54, 1.807) is 11.3 Å². The topological polar surface area (TPSA) is 54.9 Å². The molecule has 0 bridgehead atoms. The summed E-state index contributed by atoms with van der Waals surface area (Å²) in [6.45, 7) is 6.29. The molecule has 0 spiro atoms. The Kier molecular flexibility index (Phi) is 5.60. The zero-order valence-corrected chi connectivity index (χ0v) is 16.2. The highest BCUT2D eigenvalue weighted by Crippen LogP contribution is 2.22. The number of nitrogens with one attached hydrogen (secondary N) is 1. The molecule has 1 amide bonds. The number of carbonyl (C=O) groups is 1. The van der Waals surface area contributed by atoms with Gasteiger partial charge in [-0.15, -0.1) is 22.7 Å². The van der Waals surface area contributed by atoms with Gasteiger partial charge >= 0.3 is 0 Å². The Hall–Kier alpha value is -2.05. The van der Waals surface area contributed by atoms with Crippen molar-refractivity contribution in [2.45, 2.75) is 39.5 Å². The third-order valence-corrected chi connectivity index (χ3v) is 5.81. The minimum atomic E-state index is -0.0724. The second kappa shape index (κ2) is 7.89. The summed E-state index contributed by atoms with van der Waals surface area (Å²) in [6, 6.07) is 8.47. The molecule has 3 rings (SSSR count). The maximum atomic E-state index is 12.2. The van der Waals surface area contributed by atoms with E-state index in [1.165, 1.54) is 22.5 Å².